The van der Waals surface area contributed by atoms with Gasteiger partial charge in [-0.3, -0.25) is 0 Å². The van der Waals surface area contributed by atoms with Crippen LogP contribution in [0.2, 0.25) is 0 Å². The van der Waals surface area contributed by atoms with E-state index in [1.807, 2.05) is 0 Å². The molecule has 0 saturated carbocycles. The van der Waals surface area contributed by atoms with Crippen LogP contribution in [0.5, 0.6) is 0 Å². The number of ether oxygens (including phenoxy) is 1. The van der Waals surface area contributed by atoms with Crippen molar-refractivity contribution in [3.63, 3.8) is 0 Å². The van der Waals surface area contributed by atoms with E-state index in [0.29, 0.717) is 13.0 Å². The molecule has 21 heavy (non-hydrogen) atoms. The minimum absolute atomic E-state index is 0.200. The third-order valence-corrected chi connectivity index (χ3v) is 4.02. The van der Waals surface area contributed by atoms with Crippen LogP contribution in [0.4, 0.5) is 0 Å². The van der Waals surface area contributed by atoms with Gasteiger partial charge >= 0.3 is 0 Å². The van der Waals surface area contributed by atoms with Gasteiger partial charge in [0.25, 0.3) is 0 Å². The van der Waals surface area contributed by atoms with Crippen molar-refractivity contribution in [1.29, 1.82) is 0 Å². The minimum atomic E-state index is -0.989. The zero-order valence-corrected chi connectivity index (χ0v) is 14.4. The highest BCUT2D eigenvalue weighted by atomic mass is 16.5. The highest BCUT2D eigenvalue weighted by molar-refractivity contribution is 4.69. The molecule has 0 aromatic carbocycles. The van der Waals surface area contributed by atoms with Gasteiger partial charge < -0.3 is 14.9 Å². The first-order valence-corrected chi connectivity index (χ1v) is 9.03. The fourth-order valence-electron chi connectivity index (χ4n) is 2.34. The van der Waals surface area contributed by atoms with E-state index in [0.717, 1.165) is 13.0 Å². The first-order chi connectivity index (χ1) is 10.1. The van der Waals surface area contributed by atoms with Crippen molar-refractivity contribution in [3.05, 3.63) is 0 Å². The molecule has 0 aliphatic carbocycles. The van der Waals surface area contributed by atoms with E-state index in [2.05, 4.69) is 6.92 Å². The SMILES string of the molecule is CCCCCCCCCCCCCOCCC(C)(O)CO. The molecule has 0 aromatic heterocycles. The summed E-state index contributed by atoms with van der Waals surface area (Å²) in [4.78, 5) is 0. The average molecular weight is 302 g/mol. The first kappa shape index (κ1) is 20.9. The monoisotopic (exact) mass is 302 g/mol. The Hall–Kier alpha value is -0.120. The molecule has 0 radical (unpaired) electrons. The summed E-state index contributed by atoms with van der Waals surface area (Å²) in [7, 11) is 0. The molecule has 0 rings (SSSR count). The van der Waals surface area contributed by atoms with Gasteiger partial charge in [0.1, 0.15) is 0 Å². The molecule has 1 unspecified atom stereocenters. The third-order valence-electron chi connectivity index (χ3n) is 4.02. The molecule has 3 nitrogen and oxygen atoms in total. The van der Waals surface area contributed by atoms with Crippen LogP contribution in [0, 0.1) is 0 Å². The molecule has 0 spiro atoms. The quantitative estimate of drug-likeness (QED) is 0.414. The Labute approximate surface area is 132 Å². The van der Waals surface area contributed by atoms with Crippen LogP contribution in [0.25, 0.3) is 0 Å². The molecular formula is C18H38O3. The molecule has 0 amide bonds. The Kier molecular flexibility index (Phi) is 14.7. The highest BCUT2D eigenvalue weighted by Crippen LogP contribution is 2.11. The lowest BCUT2D eigenvalue weighted by molar-refractivity contribution is -0.0269. The number of aliphatic hydroxyl groups excluding tert-OH is 1. The van der Waals surface area contributed by atoms with Gasteiger partial charge in [0, 0.05) is 19.6 Å². The molecule has 0 fully saturated rings. The number of unbranched alkanes of at least 4 members (excludes halogenated alkanes) is 10. The van der Waals surface area contributed by atoms with Gasteiger partial charge in [0.2, 0.25) is 0 Å². The fourth-order valence-corrected chi connectivity index (χ4v) is 2.34. The second-order valence-corrected chi connectivity index (χ2v) is 6.55. The van der Waals surface area contributed by atoms with Crippen LogP contribution in [0.15, 0.2) is 0 Å². The number of rotatable bonds is 16. The molecule has 0 bridgehead atoms. The lowest BCUT2D eigenvalue weighted by Gasteiger charge is -2.19. The lowest BCUT2D eigenvalue weighted by Crippen LogP contribution is -2.30. The van der Waals surface area contributed by atoms with Crippen LogP contribution in [0.1, 0.15) is 90.9 Å². The molecule has 0 aliphatic rings. The predicted octanol–water partition coefficient (Wildman–Crippen LogP) is 4.45. The molecular weight excluding hydrogens is 264 g/mol. The van der Waals surface area contributed by atoms with Crippen LogP contribution in [0.3, 0.4) is 0 Å². The molecule has 128 valence electrons. The van der Waals surface area contributed by atoms with Gasteiger partial charge in [-0.1, -0.05) is 71.1 Å². The average Bonchev–Trinajstić information content (AvgIpc) is 2.47. The molecule has 0 aliphatic heterocycles. The summed E-state index contributed by atoms with van der Waals surface area (Å²) in [6, 6.07) is 0. The molecule has 1 atom stereocenters. The van der Waals surface area contributed by atoms with Crippen molar-refractivity contribution in [1.82, 2.24) is 0 Å². The van der Waals surface area contributed by atoms with Crippen molar-refractivity contribution in [2.75, 3.05) is 19.8 Å². The van der Waals surface area contributed by atoms with Crippen molar-refractivity contribution in [3.8, 4) is 0 Å². The van der Waals surface area contributed by atoms with Gasteiger partial charge in [-0.15, -0.1) is 0 Å². The summed E-state index contributed by atoms with van der Waals surface area (Å²) >= 11 is 0. The highest BCUT2D eigenvalue weighted by Gasteiger charge is 2.17. The van der Waals surface area contributed by atoms with Crippen molar-refractivity contribution >= 4 is 0 Å². The molecule has 3 heteroatoms. The van der Waals surface area contributed by atoms with Crippen LogP contribution in [-0.4, -0.2) is 35.6 Å². The fraction of sp³-hybridized carbons (Fsp3) is 1.00. The van der Waals surface area contributed by atoms with Crippen LogP contribution in [-0.2, 0) is 4.74 Å². The molecule has 0 saturated heterocycles. The summed E-state index contributed by atoms with van der Waals surface area (Å²) in [5.74, 6) is 0. The zero-order valence-electron chi connectivity index (χ0n) is 14.4. The summed E-state index contributed by atoms with van der Waals surface area (Å²) in [6.45, 7) is 5.01. The number of aliphatic hydroxyl groups is 2. The maximum Gasteiger partial charge on any atom is 0.0871 e. The van der Waals surface area contributed by atoms with Gasteiger partial charge in [0.15, 0.2) is 0 Å². The predicted molar refractivity (Wildman–Crippen MR) is 89.6 cm³/mol. The Balaban J connectivity index is 3.06. The maximum absolute atomic E-state index is 9.58. The summed E-state index contributed by atoms with van der Waals surface area (Å²) in [6.07, 6.45) is 15.3. The van der Waals surface area contributed by atoms with Crippen molar-refractivity contribution in [2.24, 2.45) is 0 Å². The van der Waals surface area contributed by atoms with E-state index < -0.39 is 5.60 Å². The minimum Gasteiger partial charge on any atom is -0.393 e. The van der Waals surface area contributed by atoms with E-state index in [1.54, 1.807) is 6.92 Å². The van der Waals surface area contributed by atoms with E-state index >= 15 is 0 Å². The van der Waals surface area contributed by atoms with E-state index in [-0.39, 0.29) is 6.61 Å². The normalized spacial score (nSPS) is 14.3. The van der Waals surface area contributed by atoms with E-state index in [4.69, 9.17) is 9.84 Å². The number of hydrogen-bond acceptors (Lipinski definition) is 3. The van der Waals surface area contributed by atoms with Gasteiger partial charge in [0.05, 0.1) is 12.2 Å². The van der Waals surface area contributed by atoms with E-state index in [9.17, 15) is 5.11 Å². The lowest BCUT2D eigenvalue weighted by atomic mass is 10.1. The summed E-state index contributed by atoms with van der Waals surface area (Å²) < 4.78 is 5.48. The molecule has 0 aromatic rings. The van der Waals surface area contributed by atoms with E-state index in [1.165, 1.54) is 64.2 Å². The molecule has 0 heterocycles. The standard InChI is InChI=1S/C18H38O3/c1-3-4-5-6-7-8-9-10-11-12-13-15-21-16-14-18(2,20)17-19/h19-20H,3-17H2,1-2H3. The summed E-state index contributed by atoms with van der Waals surface area (Å²) in [5, 5.41) is 18.5. The van der Waals surface area contributed by atoms with Gasteiger partial charge in [-0.05, 0) is 13.3 Å². The summed E-state index contributed by atoms with van der Waals surface area (Å²) in [5.41, 5.74) is -0.989. The second-order valence-electron chi connectivity index (χ2n) is 6.55. The first-order valence-electron chi connectivity index (χ1n) is 9.03. The largest absolute Gasteiger partial charge is 0.393 e. The Morgan fingerprint density at radius 3 is 1.71 bits per heavy atom. The number of hydrogen-bond donors (Lipinski definition) is 2. The maximum atomic E-state index is 9.58. The van der Waals surface area contributed by atoms with Gasteiger partial charge in [-0.25, -0.2) is 0 Å². The molecule has 2 N–H and O–H groups in total. The zero-order chi connectivity index (χ0) is 15.8. The second kappa shape index (κ2) is 14.8. The Morgan fingerprint density at radius 1 is 0.762 bits per heavy atom. The Bertz CT molecular complexity index is 205. The Morgan fingerprint density at radius 2 is 1.24 bits per heavy atom. The van der Waals surface area contributed by atoms with Crippen molar-refractivity contribution < 1.29 is 14.9 Å². The van der Waals surface area contributed by atoms with Crippen LogP contribution >= 0.6 is 0 Å². The third kappa shape index (κ3) is 16.1. The van der Waals surface area contributed by atoms with Crippen molar-refractivity contribution in [2.45, 2.75) is 96.5 Å². The van der Waals surface area contributed by atoms with Gasteiger partial charge in [-0.2, -0.15) is 0 Å². The topological polar surface area (TPSA) is 49.7 Å². The smallest absolute Gasteiger partial charge is 0.0871 e. The van der Waals surface area contributed by atoms with Crippen LogP contribution < -0.4 is 0 Å².